The van der Waals surface area contributed by atoms with Gasteiger partial charge in [-0.1, -0.05) is 24.3 Å². The van der Waals surface area contributed by atoms with Gasteiger partial charge in [0.25, 0.3) is 5.91 Å². The van der Waals surface area contributed by atoms with Gasteiger partial charge in [-0.05, 0) is 36.8 Å². The number of carbonyl (C=O) groups excluding carboxylic acids is 1. The number of para-hydroxylation sites is 1. The molecule has 0 saturated heterocycles. The van der Waals surface area contributed by atoms with Crippen LogP contribution in [-0.2, 0) is 4.79 Å². The molecule has 30 heavy (non-hydrogen) atoms. The summed E-state index contributed by atoms with van der Waals surface area (Å²) < 4.78 is 2.53. The van der Waals surface area contributed by atoms with Gasteiger partial charge < -0.3 is 15.1 Å². The molecule has 0 aliphatic carbocycles. The number of carbonyl (C=O) groups is 1. The summed E-state index contributed by atoms with van der Waals surface area (Å²) in [5.74, 6) is -0.574. The third kappa shape index (κ3) is 3.82. The van der Waals surface area contributed by atoms with Crippen LogP contribution in [-0.4, -0.2) is 53.9 Å². The van der Waals surface area contributed by atoms with E-state index >= 15 is 0 Å². The van der Waals surface area contributed by atoms with Crippen molar-refractivity contribution in [3.8, 4) is 5.69 Å². The van der Waals surface area contributed by atoms with Gasteiger partial charge in [-0.25, -0.2) is 14.6 Å². The summed E-state index contributed by atoms with van der Waals surface area (Å²) in [5, 5.41) is 25.4. The summed E-state index contributed by atoms with van der Waals surface area (Å²) in [5.41, 5.74) is 2.46. The molecule has 2 aromatic carbocycles. The Hall–Kier alpha value is -3.14. The lowest BCUT2D eigenvalue weighted by atomic mass is 10.1. The van der Waals surface area contributed by atoms with Gasteiger partial charge in [0, 0.05) is 7.05 Å². The van der Waals surface area contributed by atoms with Gasteiger partial charge in [0.1, 0.15) is 23.8 Å². The fourth-order valence-electron chi connectivity index (χ4n) is 3.16. The molecule has 0 radical (unpaired) electrons. The number of benzene rings is 2. The molecule has 2 N–H and O–H groups in total. The number of fused-ring (bicyclic) bond motifs is 1. The Kier molecular flexibility index (Phi) is 5.58. The van der Waals surface area contributed by atoms with Crippen molar-refractivity contribution in [2.75, 3.05) is 7.05 Å². The van der Waals surface area contributed by atoms with E-state index in [0.717, 1.165) is 21.5 Å². The summed E-state index contributed by atoms with van der Waals surface area (Å²) in [4.78, 5) is 22.5. The van der Waals surface area contributed by atoms with Crippen LogP contribution in [0.25, 0.3) is 15.9 Å². The number of hydrogen-bond acceptors (Lipinski definition) is 7. The molecule has 8 nitrogen and oxygen atoms in total. The Bertz CT molecular complexity index is 1110. The van der Waals surface area contributed by atoms with Gasteiger partial charge in [-0.2, -0.15) is 5.10 Å². The zero-order valence-corrected chi connectivity index (χ0v) is 17.3. The SMILES string of the molecule is CC(c1ccc(-n2cncn2)cc1)N(C)C(=O)C(O)C(O)c1nc2ccccc2s1. The molecule has 4 rings (SSSR count). The highest BCUT2D eigenvalue weighted by Gasteiger charge is 2.32. The minimum Gasteiger partial charge on any atom is -0.383 e. The second-order valence-corrected chi connectivity index (χ2v) is 8.03. The van der Waals surface area contributed by atoms with Crippen molar-refractivity contribution in [1.82, 2.24) is 24.6 Å². The lowest BCUT2D eigenvalue weighted by molar-refractivity contribution is -0.147. The molecule has 154 valence electrons. The monoisotopic (exact) mass is 423 g/mol. The largest absolute Gasteiger partial charge is 0.383 e. The molecule has 0 bridgehead atoms. The highest BCUT2D eigenvalue weighted by atomic mass is 32.1. The number of likely N-dealkylation sites (N-methyl/N-ethyl adjacent to an activating group) is 1. The van der Waals surface area contributed by atoms with Crippen LogP contribution in [0.1, 0.15) is 29.6 Å². The molecule has 1 amide bonds. The number of rotatable bonds is 6. The molecule has 3 unspecified atom stereocenters. The van der Waals surface area contributed by atoms with Crippen LogP contribution in [0.5, 0.6) is 0 Å². The second-order valence-electron chi connectivity index (χ2n) is 6.97. The van der Waals surface area contributed by atoms with Crippen molar-refractivity contribution in [1.29, 1.82) is 0 Å². The van der Waals surface area contributed by atoms with E-state index in [9.17, 15) is 15.0 Å². The Morgan fingerprint density at radius 1 is 1.13 bits per heavy atom. The van der Waals surface area contributed by atoms with Crippen molar-refractivity contribution in [3.63, 3.8) is 0 Å². The van der Waals surface area contributed by atoms with Gasteiger partial charge >= 0.3 is 0 Å². The lowest BCUT2D eigenvalue weighted by Crippen LogP contribution is -2.41. The topological polar surface area (TPSA) is 104 Å². The number of amides is 1. The smallest absolute Gasteiger partial charge is 0.254 e. The predicted molar refractivity (Wildman–Crippen MR) is 113 cm³/mol. The summed E-state index contributed by atoms with van der Waals surface area (Å²) in [7, 11) is 1.60. The molecule has 0 fully saturated rings. The molecule has 2 heterocycles. The van der Waals surface area contributed by atoms with E-state index < -0.39 is 18.1 Å². The van der Waals surface area contributed by atoms with E-state index in [2.05, 4.69) is 15.1 Å². The maximum atomic E-state index is 12.8. The zero-order chi connectivity index (χ0) is 21.3. The van der Waals surface area contributed by atoms with Crippen molar-refractivity contribution in [3.05, 3.63) is 71.8 Å². The quantitative estimate of drug-likeness (QED) is 0.494. The number of aliphatic hydroxyl groups excluding tert-OH is 2. The van der Waals surface area contributed by atoms with Crippen molar-refractivity contribution in [2.45, 2.75) is 25.2 Å². The molecular weight excluding hydrogens is 402 g/mol. The molecule has 0 spiro atoms. The number of hydrogen-bond donors (Lipinski definition) is 2. The number of aliphatic hydroxyl groups is 2. The van der Waals surface area contributed by atoms with E-state index in [0.29, 0.717) is 5.01 Å². The fourth-order valence-corrected chi connectivity index (χ4v) is 4.14. The van der Waals surface area contributed by atoms with Gasteiger partial charge in [0.15, 0.2) is 6.10 Å². The highest BCUT2D eigenvalue weighted by Crippen LogP contribution is 2.29. The minimum atomic E-state index is -1.60. The normalized spacial score (nSPS) is 14.4. The molecule has 0 aliphatic rings. The van der Waals surface area contributed by atoms with E-state index in [4.69, 9.17) is 0 Å². The van der Waals surface area contributed by atoms with Crippen LogP contribution in [0.15, 0.2) is 61.2 Å². The third-order valence-electron chi connectivity index (χ3n) is 5.10. The van der Waals surface area contributed by atoms with Crippen LogP contribution < -0.4 is 0 Å². The van der Waals surface area contributed by atoms with Gasteiger partial charge in [0.2, 0.25) is 0 Å². The average molecular weight is 423 g/mol. The van der Waals surface area contributed by atoms with E-state index in [-0.39, 0.29) is 6.04 Å². The fraction of sp³-hybridized carbons (Fsp3) is 0.238. The Morgan fingerprint density at radius 2 is 1.87 bits per heavy atom. The van der Waals surface area contributed by atoms with Crippen LogP contribution in [0.2, 0.25) is 0 Å². The second kappa shape index (κ2) is 8.31. The number of nitrogens with zero attached hydrogens (tertiary/aromatic N) is 5. The molecule has 4 aromatic rings. The third-order valence-corrected chi connectivity index (χ3v) is 6.21. The number of thiazole rings is 1. The van der Waals surface area contributed by atoms with Gasteiger partial charge in [-0.15, -0.1) is 11.3 Å². The summed E-state index contributed by atoms with van der Waals surface area (Å²) in [6.07, 6.45) is 0.0707. The zero-order valence-electron chi connectivity index (χ0n) is 16.5. The Morgan fingerprint density at radius 3 is 2.53 bits per heavy atom. The maximum Gasteiger partial charge on any atom is 0.254 e. The lowest BCUT2D eigenvalue weighted by Gasteiger charge is -2.28. The molecule has 0 aliphatic heterocycles. The predicted octanol–water partition coefficient (Wildman–Crippen LogP) is 2.49. The van der Waals surface area contributed by atoms with Crippen molar-refractivity contribution in [2.24, 2.45) is 0 Å². The van der Waals surface area contributed by atoms with Crippen LogP contribution in [0, 0.1) is 0 Å². The van der Waals surface area contributed by atoms with Crippen LogP contribution in [0.4, 0.5) is 0 Å². The van der Waals surface area contributed by atoms with Crippen LogP contribution in [0.3, 0.4) is 0 Å². The van der Waals surface area contributed by atoms with Gasteiger partial charge in [0.05, 0.1) is 21.9 Å². The first-order valence-corrected chi connectivity index (χ1v) is 10.2. The molecule has 0 saturated carbocycles. The minimum absolute atomic E-state index is 0.306. The van der Waals surface area contributed by atoms with Gasteiger partial charge in [-0.3, -0.25) is 4.79 Å². The first-order chi connectivity index (χ1) is 14.5. The summed E-state index contributed by atoms with van der Waals surface area (Å²) in [6, 6.07) is 14.7. The van der Waals surface area contributed by atoms with E-state index in [1.165, 1.54) is 22.6 Å². The van der Waals surface area contributed by atoms with Crippen molar-refractivity contribution >= 4 is 27.5 Å². The number of aromatic nitrogens is 4. The standard InChI is InChI=1S/C21H21N5O3S/c1-13(14-7-9-15(10-8-14)26-12-22-11-23-26)25(2)21(29)19(28)18(27)20-24-16-5-3-4-6-17(16)30-20/h3-13,18-19,27-28H,1-2H3. The molecule has 9 heteroatoms. The Balaban J connectivity index is 1.47. The van der Waals surface area contributed by atoms with Crippen molar-refractivity contribution < 1.29 is 15.0 Å². The first-order valence-electron chi connectivity index (χ1n) is 9.39. The molecule has 2 aromatic heterocycles. The Labute approximate surface area is 177 Å². The summed E-state index contributed by atoms with van der Waals surface area (Å²) in [6.45, 7) is 1.86. The summed E-state index contributed by atoms with van der Waals surface area (Å²) >= 11 is 1.26. The maximum absolute atomic E-state index is 12.8. The van der Waals surface area contributed by atoms with E-state index in [1.807, 2.05) is 55.5 Å². The average Bonchev–Trinajstić information content (AvgIpc) is 3.46. The van der Waals surface area contributed by atoms with Crippen LogP contribution >= 0.6 is 11.3 Å². The van der Waals surface area contributed by atoms with E-state index in [1.54, 1.807) is 18.1 Å². The highest BCUT2D eigenvalue weighted by molar-refractivity contribution is 7.18. The molecule has 3 atom stereocenters. The molecular formula is C21H21N5O3S. The first kappa shape index (κ1) is 20.1.